The largest absolute Gasteiger partial charge is 0.417 e. The third-order valence-corrected chi connectivity index (χ3v) is 4.67. The van der Waals surface area contributed by atoms with Gasteiger partial charge in [0.05, 0.1) is 0 Å². The molecule has 0 fully saturated rings. The third-order valence-electron chi connectivity index (χ3n) is 2.12. The summed E-state index contributed by atoms with van der Waals surface area (Å²) in [5.41, 5.74) is 0. The van der Waals surface area contributed by atoms with Gasteiger partial charge in [-0.05, 0) is 25.6 Å². The molecule has 0 aromatic heterocycles. The first-order valence-electron chi connectivity index (χ1n) is 5.26. The lowest BCUT2D eigenvalue weighted by Crippen LogP contribution is -2.30. The third kappa shape index (κ3) is 6.86. The lowest BCUT2D eigenvalue weighted by atomic mass is 10.4. The lowest BCUT2D eigenvalue weighted by molar-refractivity contribution is 0.298. The Bertz CT molecular complexity index is 102. The van der Waals surface area contributed by atoms with E-state index in [2.05, 4.69) is 26.9 Å². The van der Waals surface area contributed by atoms with E-state index in [9.17, 15) is 0 Å². The quantitative estimate of drug-likeness (QED) is 0.436. The van der Waals surface area contributed by atoms with Crippen LogP contribution in [-0.4, -0.2) is 14.9 Å². The molecule has 0 saturated heterocycles. The fraction of sp³-hybridized carbons (Fsp3) is 1.00. The Morgan fingerprint density at radius 2 is 1.58 bits per heavy atom. The summed E-state index contributed by atoms with van der Waals surface area (Å²) in [5.74, 6) is 0. The zero-order valence-electron chi connectivity index (χ0n) is 9.15. The van der Waals surface area contributed by atoms with E-state index in [1.807, 2.05) is 0 Å². The summed E-state index contributed by atoms with van der Waals surface area (Å²) < 4.78 is 5.91. The molecular weight excluding hydrogens is 164 g/mol. The van der Waals surface area contributed by atoms with Gasteiger partial charge in [0, 0.05) is 6.61 Å². The highest BCUT2D eigenvalue weighted by Gasteiger charge is 2.20. The maximum atomic E-state index is 5.91. The molecule has 0 radical (unpaired) electrons. The Morgan fingerprint density at radius 1 is 1.00 bits per heavy atom. The molecule has 0 aromatic carbocycles. The maximum Gasteiger partial charge on any atom is 0.186 e. The Morgan fingerprint density at radius 3 is 2.08 bits per heavy atom. The SMILES string of the molecule is CCCCO[Si](C)(C)CCCC. The zero-order valence-corrected chi connectivity index (χ0v) is 10.2. The van der Waals surface area contributed by atoms with Crippen molar-refractivity contribution in [1.29, 1.82) is 0 Å². The van der Waals surface area contributed by atoms with Crippen molar-refractivity contribution in [1.82, 2.24) is 0 Å². The Balaban J connectivity index is 3.42. The average Bonchev–Trinajstić information content (AvgIpc) is 2.01. The van der Waals surface area contributed by atoms with Crippen LogP contribution >= 0.6 is 0 Å². The molecule has 0 amide bonds. The van der Waals surface area contributed by atoms with E-state index in [-0.39, 0.29) is 0 Å². The van der Waals surface area contributed by atoms with Gasteiger partial charge in [-0.1, -0.05) is 33.1 Å². The molecule has 74 valence electrons. The molecule has 0 aliphatic carbocycles. The topological polar surface area (TPSA) is 9.23 Å². The highest BCUT2D eigenvalue weighted by molar-refractivity contribution is 6.71. The van der Waals surface area contributed by atoms with Crippen LogP contribution in [0.5, 0.6) is 0 Å². The van der Waals surface area contributed by atoms with E-state index in [0.717, 1.165) is 6.61 Å². The smallest absolute Gasteiger partial charge is 0.186 e. The second-order valence-electron chi connectivity index (χ2n) is 4.07. The first-order valence-corrected chi connectivity index (χ1v) is 8.38. The second kappa shape index (κ2) is 6.67. The van der Waals surface area contributed by atoms with Crippen molar-refractivity contribution in [3.63, 3.8) is 0 Å². The van der Waals surface area contributed by atoms with Crippen LogP contribution in [0.3, 0.4) is 0 Å². The second-order valence-corrected chi connectivity index (χ2v) is 8.37. The molecule has 0 heterocycles. The predicted molar refractivity (Wildman–Crippen MR) is 58.1 cm³/mol. The van der Waals surface area contributed by atoms with Crippen molar-refractivity contribution in [2.24, 2.45) is 0 Å². The number of rotatable bonds is 7. The van der Waals surface area contributed by atoms with Crippen LogP contribution in [0, 0.1) is 0 Å². The predicted octanol–water partition coefficient (Wildman–Crippen LogP) is 3.81. The van der Waals surface area contributed by atoms with Gasteiger partial charge in [-0.2, -0.15) is 0 Å². The highest BCUT2D eigenvalue weighted by atomic mass is 28.4. The van der Waals surface area contributed by atoms with Gasteiger partial charge >= 0.3 is 0 Å². The van der Waals surface area contributed by atoms with Crippen molar-refractivity contribution in [3.05, 3.63) is 0 Å². The van der Waals surface area contributed by atoms with Gasteiger partial charge in [0.2, 0.25) is 0 Å². The van der Waals surface area contributed by atoms with Crippen molar-refractivity contribution in [3.8, 4) is 0 Å². The summed E-state index contributed by atoms with van der Waals surface area (Å²) in [4.78, 5) is 0. The monoisotopic (exact) mass is 188 g/mol. The summed E-state index contributed by atoms with van der Waals surface area (Å²) in [6.45, 7) is 10.1. The van der Waals surface area contributed by atoms with Gasteiger partial charge in [-0.25, -0.2) is 0 Å². The Labute approximate surface area is 78.6 Å². The highest BCUT2D eigenvalue weighted by Crippen LogP contribution is 2.15. The van der Waals surface area contributed by atoms with Gasteiger partial charge in [-0.15, -0.1) is 0 Å². The molecular formula is C10H24OSi. The summed E-state index contributed by atoms with van der Waals surface area (Å²) in [6, 6.07) is 1.33. The van der Waals surface area contributed by atoms with E-state index in [1.165, 1.54) is 31.7 Å². The molecule has 0 aliphatic heterocycles. The summed E-state index contributed by atoms with van der Waals surface area (Å²) in [7, 11) is -1.26. The molecule has 2 heteroatoms. The maximum absolute atomic E-state index is 5.91. The van der Waals surface area contributed by atoms with E-state index in [4.69, 9.17) is 4.43 Å². The van der Waals surface area contributed by atoms with E-state index >= 15 is 0 Å². The van der Waals surface area contributed by atoms with Gasteiger partial charge in [0.15, 0.2) is 8.32 Å². The average molecular weight is 188 g/mol. The molecule has 0 rings (SSSR count). The zero-order chi connectivity index (χ0) is 9.45. The van der Waals surface area contributed by atoms with E-state index < -0.39 is 8.32 Å². The van der Waals surface area contributed by atoms with Gasteiger partial charge in [-0.3, -0.25) is 0 Å². The molecule has 0 N–H and O–H groups in total. The molecule has 0 unspecified atom stereocenters. The molecule has 0 saturated carbocycles. The fourth-order valence-corrected chi connectivity index (χ4v) is 3.21. The van der Waals surface area contributed by atoms with Crippen LogP contribution in [-0.2, 0) is 4.43 Å². The summed E-state index contributed by atoms with van der Waals surface area (Å²) in [5, 5.41) is 0. The van der Waals surface area contributed by atoms with Gasteiger partial charge in [0.1, 0.15) is 0 Å². The first kappa shape index (κ1) is 12.2. The summed E-state index contributed by atoms with van der Waals surface area (Å²) >= 11 is 0. The minimum Gasteiger partial charge on any atom is -0.417 e. The van der Waals surface area contributed by atoms with Crippen molar-refractivity contribution >= 4 is 8.32 Å². The lowest BCUT2D eigenvalue weighted by Gasteiger charge is -2.22. The fourth-order valence-electron chi connectivity index (χ4n) is 1.17. The molecule has 0 bridgehead atoms. The van der Waals surface area contributed by atoms with Crippen LogP contribution in [0.2, 0.25) is 19.1 Å². The minimum atomic E-state index is -1.26. The standard InChI is InChI=1S/C10H24OSi/c1-5-7-9-11-12(3,4)10-8-6-2/h5-10H2,1-4H3. The van der Waals surface area contributed by atoms with Crippen molar-refractivity contribution in [2.45, 2.75) is 58.7 Å². The molecule has 1 nitrogen and oxygen atoms in total. The summed E-state index contributed by atoms with van der Waals surface area (Å²) in [6.07, 6.45) is 5.11. The van der Waals surface area contributed by atoms with Crippen molar-refractivity contribution < 1.29 is 4.43 Å². The molecule has 0 aliphatic rings. The van der Waals surface area contributed by atoms with Crippen LogP contribution in [0.25, 0.3) is 0 Å². The molecule has 0 aromatic rings. The van der Waals surface area contributed by atoms with Crippen LogP contribution in [0.1, 0.15) is 39.5 Å². The normalized spacial score (nSPS) is 12.0. The molecule has 12 heavy (non-hydrogen) atoms. The van der Waals surface area contributed by atoms with Crippen LogP contribution < -0.4 is 0 Å². The molecule has 0 atom stereocenters. The van der Waals surface area contributed by atoms with Gasteiger partial charge < -0.3 is 4.43 Å². The van der Waals surface area contributed by atoms with Crippen LogP contribution in [0.4, 0.5) is 0 Å². The molecule has 0 spiro atoms. The van der Waals surface area contributed by atoms with E-state index in [0.29, 0.717) is 0 Å². The number of hydrogen-bond acceptors (Lipinski definition) is 1. The Kier molecular flexibility index (Phi) is 6.77. The van der Waals surface area contributed by atoms with E-state index in [1.54, 1.807) is 0 Å². The van der Waals surface area contributed by atoms with Gasteiger partial charge in [0.25, 0.3) is 0 Å². The first-order chi connectivity index (χ1) is 5.62. The van der Waals surface area contributed by atoms with Crippen LogP contribution in [0.15, 0.2) is 0 Å². The van der Waals surface area contributed by atoms with Crippen molar-refractivity contribution in [2.75, 3.05) is 6.61 Å². The number of hydrogen-bond donors (Lipinski definition) is 0. The number of unbranched alkanes of at least 4 members (excludes halogenated alkanes) is 2. The minimum absolute atomic E-state index is 0.986. The Hall–Kier alpha value is 0.177.